The second kappa shape index (κ2) is 4.19. The van der Waals surface area contributed by atoms with Crippen LogP contribution in [0.4, 0.5) is 0 Å². The molecule has 0 aliphatic heterocycles. The van der Waals surface area contributed by atoms with Gasteiger partial charge in [-0.15, -0.1) is 0 Å². The van der Waals surface area contributed by atoms with Crippen LogP contribution >= 0.6 is 0 Å². The molecule has 0 saturated carbocycles. The monoisotopic (exact) mass is 252 g/mol. The normalized spacial score (nSPS) is 11.2. The molecule has 0 spiro atoms. The summed E-state index contributed by atoms with van der Waals surface area (Å²) in [5.74, 6) is 0.852. The van der Waals surface area contributed by atoms with E-state index < -0.39 is 0 Å². The maximum Gasteiger partial charge on any atom is 0.124 e. The number of aromatic nitrogens is 2. The number of methoxy groups -OCH3 is 1. The van der Waals surface area contributed by atoms with E-state index in [1.807, 2.05) is 19.1 Å². The highest BCUT2D eigenvalue weighted by molar-refractivity contribution is 5.88. The molecule has 0 amide bonds. The van der Waals surface area contributed by atoms with Crippen molar-refractivity contribution in [3.8, 4) is 5.75 Å². The zero-order chi connectivity index (χ0) is 13.6. The summed E-state index contributed by atoms with van der Waals surface area (Å²) in [4.78, 5) is 9.38. The lowest BCUT2D eigenvalue weighted by atomic mass is 10.1. The Morgan fingerprint density at radius 2 is 1.11 bits per heavy atom. The van der Waals surface area contributed by atoms with Crippen molar-refractivity contribution in [2.24, 2.45) is 0 Å². The average molecular weight is 252 g/mol. The van der Waals surface area contributed by atoms with Crippen LogP contribution in [0.1, 0.15) is 16.7 Å². The van der Waals surface area contributed by atoms with E-state index in [1.165, 1.54) is 11.1 Å². The molecule has 0 saturated heterocycles. The average Bonchev–Trinajstić information content (AvgIpc) is 2.38. The number of fused-ring (bicyclic) bond motifs is 2. The van der Waals surface area contributed by atoms with Crippen molar-refractivity contribution in [1.82, 2.24) is 9.97 Å². The highest BCUT2D eigenvalue weighted by Crippen LogP contribution is 2.25. The Morgan fingerprint density at radius 3 is 1.58 bits per heavy atom. The molecule has 0 atom stereocenters. The van der Waals surface area contributed by atoms with Crippen molar-refractivity contribution < 1.29 is 4.74 Å². The van der Waals surface area contributed by atoms with Crippen molar-refractivity contribution in [1.29, 1.82) is 0 Å². The van der Waals surface area contributed by atoms with E-state index in [-0.39, 0.29) is 0 Å². The van der Waals surface area contributed by atoms with Gasteiger partial charge >= 0.3 is 0 Å². The van der Waals surface area contributed by atoms with Gasteiger partial charge in [0.15, 0.2) is 0 Å². The van der Waals surface area contributed by atoms with Gasteiger partial charge in [0.1, 0.15) is 5.75 Å². The number of hydrogen-bond acceptors (Lipinski definition) is 3. The van der Waals surface area contributed by atoms with Crippen LogP contribution in [0.2, 0.25) is 0 Å². The number of nitrogens with zero attached hydrogens (tertiary/aromatic N) is 2. The Balaban J connectivity index is 2.38. The van der Waals surface area contributed by atoms with Gasteiger partial charge < -0.3 is 4.74 Å². The first-order valence-electron chi connectivity index (χ1n) is 6.32. The van der Waals surface area contributed by atoms with E-state index in [0.29, 0.717) is 0 Å². The minimum Gasteiger partial charge on any atom is -0.496 e. The molecule has 3 nitrogen and oxygen atoms in total. The molecule has 19 heavy (non-hydrogen) atoms. The summed E-state index contributed by atoms with van der Waals surface area (Å²) in [5, 5.41) is 0. The van der Waals surface area contributed by atoms with Gasteiger partial charge in [-0.25, -0.2) is 9.97 Å². The van der Waals surface area contributed by atoms with Gasteiger partial charge in [-0.1, -0.05) is 0 Å². The summed E-state index contributed by atoms with van der Waals surface area (Å²) in [5.41, 5.74) is 7.22. The molecule has 3 heteroatoms. The Labute approximate surface area is 112 Å². The van der Waals surface area contributed by atoms with Crippen molar-refractivity contribution in [3.05, 3.63) is 41.0 Å². The number of benzene rings is 2. The van der Waals surface area contributed by atoms with Crippen molar-refractivity contribution >= 4 is 22.1 Å². The quantitative estimate of drug-likeness (QED) is 0.619. The summed E-state index contributed by atoms with van der Waals surface area (Å²) < 4.78 is 5.34. The minimum atomic E-state index is 0.852. The van der Waals surface area contributed by atoms with Crippen LogP contribution in [0, 0.1) is 20.8 Å². The van der Waals surface area contributed by atoms with Gasteiger partial charge in [0.2, 0.25) is 0 Å². The first kappa shape index (κ1) is 11.9. The maximum atomic E-state index is 5.34. The Morgan fingerprint density at radius 1 is 0.684 bits per heavy atom. The SMILES string of the molecule is COc1cc2nc3cc(C)c(C)cc3nc2cc1C. The summed E-state index contributed by atoms with van der Waals surface area (Å²) in [6.45, 7) is 6.21. The third kappa shape index (κ3) is 1.91. The molecule has 3 rings (SSSR count). The van der Waals surface area contributed by atoms with Crippen LogP contribution < -0.4 is 4.74 Å². The molecule has 1 heterocycles. The Bertz CT molecular complexity index is 794. The molecule has 0 bridgehead atoms. The fraction of sp³-hybridized carbons (Fsp3) is 0.250. The first-order chi connectivity index (χ1) is 9.08. The smallest absolute Gasteiger partial charge is 0.124 e. The maximum absolute atomic E-state index is 5.34. The highest BCUT2D eigenvalue weighted by atomic mass is 16.5. The fourth-order valence-electron chi connectivity index (χ4n) is 2.29. The number of rotatable bonds is 1. The van der Waals surface area contributed by atoms with Crippen LogP contribution in [0.15, 0.2) is 24.3 Å². The van der Waals surface area contributed by atoms with E-state index in [1.54, 1.807) is 7.11 Å². The summed E-state index contributed by atoms with van der Waals surface area (Å²) in [7, 11) is 1.68. The predicted octanol–water partition coefficient (Wildman–Crippen LogP) is 3.72. The van der Waals surface area contributed by atoms with Crippen LogP contribution in [0.3, 0.4) is 0 Å². The summed E-state index contributed by atoms with van der Waals surface area (Å²) in [6.07, 6.45) is 0. The molecule has 2 aromatic carbocycles. The zero-order valence-corrected chi connectivity index (χ0v) is 11.6. The van der Waals surface area contributed by atoms with Crippen LogP contribution in [-0.2, 0) is 0 Å². The molecule has 1 aromatic heterocycles. The third-order valence-corrected chi connectivity index (χ3v) is 3.56. The number of ether oxygens (including phenoxy) is 1. The van der Waals surface area contributed by atoms with Gasteiger partial charge in [-0.05, 0) is 55.7 Å². The van der Waals surface area contributed by atoms with Crippen molar-refractivity contribution in [2.45, 2.75) is 20.8 Å². The first-order valence-corrected chi connectivity index (χ1v) is 6.32. The lowest BCUT2D eigenvalue weighted by Gasteiger charge is -2.08. The Kier molecular flexibility index (Phi) is 2.63. The molecule has 0 aliphatic carbocycles. The van der Waals surface area contributed by atoms with Crippen LogP contribution in [-0.4, -0.2) is 17.1 Å². The van der Waals surface area contributed by atoms with Crippen molar-refractivity contribution in [2.75, 3.05) is 7.11 Å². The standard InChI is InChI=1S/C16H16N2O/c1-9-5-12-13(6-10(9)2)18-15-8-16(19-4)11(3)7-14(15)17-12/h5-8H,1-4H3. The van der Waals surface area contributed by atoms with Gasteiger partial charge in [0.05, 0.1) is 29.2 Å². The lowest BCUT2D eigenvalue weighted by Crippen LogP contribution is -1.93. The number of aryl methyl sites for hydroxylation is 3. The van der Waals surface area contributed by atoms with Gasteiger partial charge in [0, 0.05) is 6.07 Å². The third-order valence-electron chi connectivity index (χ3n) is 3.56. The van der Waals surface area contributed by atoms with Crippen LogP contribution in [0.25, 0.3) is 22.1 Å². The fourth-order valence-corrected chi connectivity index (χ4v) is 2.29. The van der Waals surface area contributed by atoms with Gasteiger partial charge in [0.25, 0.3) is 0 Å². The molecule has 96 valence electrons. The molecule has 0 radical (unpaired) electrons. The second-order valence-corrected chi connectivity index (χ2v) is 4.96. The molecule has 0 N–H and O–H groups in total. The molecule has 0 fully saturated rings. The van der Waals surface area contributed by atoms with E-state index in [9.17, 15) is 0 Å². The molecule has 3 aromatic rings. The summed E-state index contributed by atoms with van der Waals surface area (Å²) >= 11 is 0. The molecule has 0 unspecified atom stereocenters. The van der Waals surface area contributed by atoms with Gasteiger partial charge in [-0.3, -0.25) is 0 Å². The predicted molar refractivity (Wildman–Crippen MR) is 77.8 cm³/mol. The minimum absolute atomic E-state index is 0.852. The zero-order valence-electron chi connectivity index (χ0n) is 11.6. The largest absolute Gasteiger partial charge is 0.496 e. The van der Waals surface area contributed by atoms with Crippen LogP contribution in [0.5, 0.6) is 5.75 Å². The van der Waals surface area contributed by atoms with E-state index >= 15 is 0 Å². The summed E-state index contributed by atoms with van der Waals surface area (Å²) in [6, 6.07) is 8.15. The van der Waals surface area contributed by atoms with E-state index in [0.717, 1.165) is 33.4 Å². The van der Waals surface area contributed by atoms with E-state index in [2.05, 4.69) is 31.0 Å². The highest BCUT2D eigenvalue weighted by Gasteiger charge is 2.07. The topological polar surface area (TPSA) is 35.0 Å². The second-order valence-electron chi connectivity index (χ2n) is 4.96. The lowest BCUT2D eigenvalue weighted by molar-refractivity contribution is 0.412. The number of hydrogen-bond donors (Lipinski definition) is 0. The van der Waals surface area contributed by atoms with Crippen molar-refractivity contribution in [3.63, 3.8) is 0 Å². The van der Waals surface area contributed by atoms with Gasteiger partial charge in [-0.2, -0.15) is 0 Å². The molecule has 0 aliphatic rings. The Hall–Kier alpha value is -2.16. The van der Waals surface area contributed by atoms with E-state index in [4.69, 9.17) is 9.72 Å². The molecular formula is C16H16N2O. The molecular weight excluding hydrogens is 236 g/mol.